The number of carbonyl (C=O) groups excluding carboxylic acids is 1. The van der Waals surface area contributed by atoms with Crippen LogP contribution in [0.3, 0.4) is 0 Å². The molecule has 2 N–H and O–H groups in total. The molecule has 0 radical (unpaired) electrons. The zero-order valence-corrected chi connectivity index (χ0v) is 18.9. The summed E-state index contributed by atoms with van der Waals surface area (Å²) in [5.41, 5.74) is 4.44. The quantitative estimate of drug-likeness (QED) is 0.454. The van der Waals surface area contributed by atoms with Gasteiger partial charge in [0, 0.05) is 18.9 Å². The number of nitrogens with zero attached hydrogens (tertiary/aromatic N) is 3. The first-order valence-corrected chi connectivity index (χ1v) is 11.1. The lowest BCUT2D eigenvalue weighted by atomic mass is 10.1. The van der Waals surface area contributed by atoms with Crippen molar-refractivity contribution < 1.29 is 13.2 Å². The number of amides is 1. The average molecular weight is 440 g/mol. The Bertz CT molecular complexity index is 1250. The van der Waals surface area contributed by atoms with Crippen LogP contribution >= 0.6 is 0 Å². The second-order valence-corrected chi connectivity index (χ2v) is 8.99. The highest BCUT2D eigenvalue weighted by Crippen LogP contribution is 2.21. The van der Waals surface area contributed by atoms with Crippen LogP contribution in [0.2, 0.25) is 0 Å². The third-order valence-electron chi connectivity index (χ3n) is 4.80. The van der Waals surface area contributed by atoms with E-state index in [1.54, 1.807) is 64.3 Å². The number of sulfonamides is 1. The Kier molecular flexibility index (Phi) is 6.26. The van der Waals surface area contributed by atoms with Crippen LogP contribution in [0.15, 0.2) is 58.7 Å². The van der Waals surface area contributed by atoms with Gasteiger partial charge in [0.2, 0.25) is 0 Å². The third kappa shape index (κ3) is 5.00. The number of anilines is 1. The van der Waals surface area contributed by atoms with Gasteiger partial charge in [0.05, 0.1) is 10.6 Å². The number of aryl methyl sites for hydroxylation is 4. The van der Waals surface area contributed by atoms with E-state index >= 15 is 0 Å². The number of rotatable bonds is 6. The van der Waals surface area contributed by atoms with Crippen LogP contribution in [0.25, 0.3) is 0 Å². The van der Waals surface area contributed by atoms with E-state index in [2.05, 4.69) is 20.3 Å². The van der Waals surface area contributed by atoms with Crippen molar-refractivity contribution in [1.82, 2.24) is 14.6 Å². The summed E-state index contributed by atoms with van der Waals surface area (Å²) in [5.74, 6) is -0.294. The molecule has 0 aliphatic heterocycles. The molecule has 162 valence electrons. The molecule has 3 aromatic rings. The Morgan fingerprint density at radius 2 is 1.74 bits per heavy atom. The number of hydrazone groups is 1. The normalized spacial score (nSPS) is 12.0. The Labute approximate surface area is 182 Å². The molecule has 0 saturated carbocycles. The molecule has 0 aliphatic rings. The number of nitrogens with one attached hydrogen (secondary N) is 2. The fourth-order valence-electron chi connectivity index (χ4n) is 3.44. The van der Waals surface area contributed by atoms with E-state index in [9.17, 15) is 13.2 Å². The first-order valence-electron chi connectivity index (χ1n) is 9.62. The number of hydrogen-bond acceptors (Lipinski definition) is 5. The van der Waals surface area contributed by atoms with Gasteiger partial charge in [-0.05, 0) is 62.6 Å². The Hall–Kier alpha value is -3.46. The van der Waals surface area contributed by atoms with Gasteiger partial charge in [-0.25, -0.2) is 0 Å². The number of hydrogen-bond donors (Lipinski definition) is 2. The molecule has 2 aromatic carbocycles. The number of benzene rings is 2. The molecule has 31 heavy (non-hydrogen) atoms. The van der Waals surface area contributed by atoms with E-state index in [0.29, 0.717) is 33.8 Å². The van der Waals surface area contributed by atoms with Crippen LogP contribution in [0.1, 0.15) is 39.7 Å². The first kappa shape index (κ1) is 22.2. The van der Waals surface area contributed by atoms with Crippen molar-refractivity contribution in [3.8, 4) is 0 Å². The van der Waals surface area contributed by atoms with E-state index in [4.69, 9.17) is 0 Å². The zero-order chi connectivity index (χ0) is 22.8. The van der Waals surface area contributed by atoms with E-state index < -0.39 is 10.0 Å². The van der Waals surface area contributed by atoms with Crippen molar-refractivity contribution in [2.75, 3.05) is 5.32 Å². The van der Waals surface area contributed by atoms with E-state index in [1.165, 1.54) is 4.68 Å². The van der Waals surface area contributed by atoms with Crippen molar-refractivity contribution in [2.24, 2.45) is 12.1 Å². The molecule has 8 nitrogen and oxygen atoms in total. The summed E-state index contributed by atoms with van der Waals surface area (Å²) in [5, 5.41) is 10.9. The molecule has 0 bridgehead atoms. The molecule has 0 aliphatic carbocycles. The van der Waals surface area contributed by atoms with Crippen LogP contribution < -0.4 is 10.1 Å². The summed E-state index contributed by atoms with van der Waals surface area (Å²) in [7, 11) is -2.14. The standard InChI is InChI=1S/C22H25N5O3S/c1-14-11-15(2)21(16(3)12-14)31(29,30)26-25-17(4)18-7-6-8-19(13-18)24-22(28)20-9-10-23-27(20)5/h6-13,26H,1-5H3,(H,24,28)/b25-17+. The molecular weight excluding hydrogens is 414 g/mol. The van der Waals surface area contributed by atoms with E-state index in [1.807, 2.05) is 19.1 Å². The molecule has 0 unspecified atom stereocenters. The highest BCUT2D eigenvalue weighted by Gasteiger charge is 2.19. The van der Waals surface area contributed by atoms with Gasteiger partial charge in [0.15, 0.2) is 0 Å². The van der Waals surface area contributed by atoms with Crippen LogP contribution in [0, 0.1) is 20.8 Å². The molecule has 1 heterocycles. The summed E-state index contributed by atoms with van der Waals surface area (Å²) in [6, 6.07) is 12.3. The minimum atomic E-state index is -3.82. The van der Waals surface area contributed by atoms with Gasteiger partial charge >= 0.3 is 0 Å². The van der Waals surface area contributed by atoms with Gasteiger partial charge in [0.1, 0.15) is 5.69 Å². The predicted octanol–water partition coefficient (Wildman–Crippen LogP) is 3.30. The van der Waals surface area contributed by atoms with Gasteiger partial charge < -0.3 is 5.32 Å². The lowest BCUT2D eigenvalue weighted by Crippen LogP contribution is -2.22. The summed E-state index contributed by atoms with van der Waals surface area (Å²) >= 11 is 0. The van der Waals surface area contributed by atoms with Crippen LogP contribution in [0.4, 0.5) is 5.69 Å². The van der Waals surface area contributed by atoms with E-state index in [-0.39, 0.29) is 10.8 Å². The number of carbonyl (C=O) groups is 1. The lowest BCUT2D eigenvalue weighted by molar-refractivity contribution is 0.101. The summed E-state index contributed by atoms with van der Waals surface area (Å²) < 4.78 is 27.1. The minimum absolute atomic E-state index is 0.229. The maximum absolute atomic E-state index is 12.8. The van der Waals surface area contributed by atoms with Crippen molar-refractivity contribution >= 4 is 27.3 Å². The van der Waals surface area contributed by atoms with Crippen LogP contribution in [0.5, 0.6) is 0 Å². The smallest absolute Gasteiger partial charge is 0.277 e. The second-order valence-electron chi connectivity index (χ2n) is 7.39. The fourth-order valence-corrected chi connectivity index (χ4v) is 4.76. The Balaban J connectivity index is 1.80. The average Bonchev–Trinajstić information content (AvgIpc) is 3.11. The summed E-state index contributed by atoms with van der Waals surface area (Å²) in [6.07, 6.45) is 1.55. The van der Waals surface area contributed by atoms with Crippen molar-refractivity contribution in [3.05, 3.63) is 76.6 Å². The molecule has 9 heteroatoms. The van der Waals surface area contributed by atoms with Crippen molar-refractivity contribution in [2.45, 2.75) is 32.6 Å². The van der Waals surface area contributed by atoms with Gasteiger partial charge in [0.25, 0.3) is 15.9 Å². The molecule has 0 saturated heterocycles. The van der Waals surface area contributed by atoms with Gasteiger partial charge in [-0.1, -0.05) is 29.8 Å². The Morgan fingerprint density at radius 3 is 2.35 bits per heavy atom. The van der Waals surface area contributed by atoms with Gasteiger partial charge in [-0.3, -0.25) is 9.48 Å². The molecule has 0 spiro atoms. The van der Waals surface area contributed by atoms with E-state index in [0.717, 1.165) is 5.56 Å². The highest BCUT2D eigenvalue weighted by atomic mass is 32.2. The zero-order valence-electron chi connectivity index (χ0n) is 18.1. The molecule has 1 amide bonds. The third-order valence-corrected chi connectivity index (χ3v) is 6.31. The van der Waals surface area contributed by atoms with Crippen LogP contribution in [-0.2, 0) is 17.1 Å². The summed E-state index contributed by atoms with van der Waals surface area (Å²) in [6.45, 7) is 7.14. The maximum Gasteiger partial charge on any atom is 0.277 e. The predicted molar refractivity (Wildman–Crippen MR) is 121 cm³/mol. The molecule has 1 aromatic heterocycles. The molecule has 3 rings (SSSR count). The Morgan fingerprint density at radius 1 is 1.06 bits per heavy atom. The summed E-state index contributed by atoms with van der Waals surface area (Å²) in [4.78, 5) is 14.9. The van der Waals surface area contributed by atoms with Gasteiger partial charge in [-0.15, -0.1) is 0 Å². The maximum atomic E-state index is 12.8. The lowest BCUT2D eigenvalue weighted by Gasteiger charge is -2.12. The molecular formula is C22H25N5O3S. The molecule has 0 fully saturated rings. The number of aromatic nitrogens is 2. The van der Waals surface area contributed by atoms with Crippen molar-refractivity contribution in [3.63, 3.8) is 0 Å². The highest BCUT2D eigenvalue weighted by molar-refractivity contribution is 7.89. The minimum Gasteiger partial charge on any atom is -0.321 e. The largest absolute Gasteiger partial charge is 0.321 e. The SMILES string of the molecule is C/C(=N\NS(=O)(=O)c1c(C)cc(C)cc1C)c1cccc(NC(=O)c2ccnn2C)c1. The topological polar surface area (TPSA) is 105 Å². The second kappa shape index (κ2) is 8.73. The monoisotopic (exact) mass is 439 g/mol. The first-order chi connectivity index (χ1) is 14.6. The molecule has 0 atom stereocenters. The van der Waals surface area contributed by atoms with Gasteiger partial charge in [-0.2, -0.15) is 23.4 Å². The van der Waals surface area contributed by atoms with Crippen LogP contribution in [-0.4, -0.2) is 29.8 Å². The van der Waals surface area contributed by atoms with Crippen molar-refractivity contribution in [1.29, 1.82) is 0 Å². The fraction of sp³-hybridized carbons (Fsp3) is 0.227.